The monoisotopic (exact) mass is 392 g/mol. The van der Waals surface area contributed by atoms with Crippen LogP contribution in [0.4, 0.5) is 10.5 Å². The minimum atomic E-state index is -3.50. The molecule has 0 saturated carbocycles. The summed E-state index contributed by atoms with van der Waals surface area (Å²) < 4.78 is 25.6. The van der Waals surface area contributed by atoms with Crippen LogP contribution in [0.3, 0.4) is 0 Å². The predicted molar refractivity (Wildman–Crippen MR) is 99.6 cm³/mol. The second-order valence-electron chi connectivity index (χ2n) is 5.75. The molecule has 2 aromatic carbocycles. The molecule has 1 unspecified atom stereocenters. The average molecular weight is 392 g/mol. The van der Waals surface area contributed by atoms with E-state index in [1.165, 1.54) is 31.3 Å². The normalized spacial score (nSPS) is 12.2. The maximum atomic E-state index is 12.0. The number of nitrogens with zero attached hydrogens (tertiary/aromatic N) is 1. The fourth-order valence-corrected chi connectivity index (χ4v) is 3.06. The van der Waals surface area contributed by atoms with Crippen molar-refractivity contribution in [2.45, 2.75) is 24.4 Å². The van der Waals surface area contributed by atoms with Gasteiger partial charge in [0.25, 0.3) is 5.69 Å². The molecule has 0 aliphatic rings. The second-order valence-corrected chi connectivity index (χ2v) is 7.64. The van der Waals surface area contributed by atoms with Crippen molar-refractivity contribution in [1.29, 1.82) is 0 Å². The lowest BCUT2D eigenvalue weighted by Crippen LogP contribution is -2.36. The fraction of sp³-hybridized carbons (Fsp3) is 0.235. The van der Waals surface area contributed by atoms with E-state index in [1.54, 1.807) is 31.2 Å². The molecule has 0 fully saturated rings. The number of nitrogens with one attached hydrogen (secondary N) is 3. The molecule has 0 bridgehead atoms. The van der Waals surface area contributed by atoms with Gasteiger partial charge in [0, 0.05) is 18.7 Å². The molecule has 2 rings (SSSR count). The summed E-state index contributed by atoms with van der Waals surface area (Å²) in [7, 11) is -2.17. The van der Waals surface area contributed by atoms with E-state index in [-0.39, 0.29) is 17.1 Å². The first-order valence-electron chi connectivity index (χ1n) is 8.04. The number of rotatable bonds is 7. The Balaban J connectivity index is 1.92. The quantitative estimate of drug-likeness (QED) is 0.490. The zero-order valence-corrected chi connectivity index (χ0v) is 15.6. The summed E-state index contributed by atoms with van der Waals surface area (Å²) in [4.78, 5) is 22.5. The van der Waals surface area contributed by atoms with E-state index < -0.39 is 27.0 Å². The molecule has 10 heteroatoms. The molecular weight excluding hydrogens is 372 g/mol. The van der Waals surface area contributed by atoms with Crippen LogP contribution in [0, 0.1) is 10.1 Å². The van der Waals surface area contributed by atoms with Crippen molar-refractivity contribution < 1.29 is 18.1 Å². The van der Waals surface area contributed by atoms with Crippen molar-refractivity contribution in [3.05, 3.63) is 69.8 Å². The summed E-state index contributed by atoms with van der Waals surface area (Å²) >= 11 is 0. The van der Waals surface area contributed by atoms with Crippen molar-refractivity contribution in [3.8, 4) is 0 Å². The molecular formula is C17H20N4O5S. The molecule has 9 nitrogen and oxygen atoms in total. The number of carbonyl (C=O) groups is 1. The number of carbonyl (C=O) groups excluding carboxylic acids is 1. The Kier molecular flexibility index (Phi) is 6.48. The summed E-state index contributed by atoms with van der Waals surface area (Å²) in [6.07, 6.45) is 0. The van der Waals surface area contributed by atoms with Crippen molar-refractivity contribution in [1.82, 2.24) is 15.4 Å². The Labute approximate surface area is 157 Å². The number of urea groups is 1. The first kappa shape index (κ1) is 20.3. The van der Waals surface area contributed by atoms with Gasteiger partial charge in [0.05, 0.1) is 15.9 Å². The van der Waals surface area contributed by atoms with E-state index in [1.807, 2.05) is 0 Å². The molecule has 0 aliphatic heterocycles. The summed E-state index contributed by atoms with van der Waals surface area (Å²) in [6.45, 7) is 1.92. The molecule has 0 spiro atoms. The first-order chi connectivity index (χ1) is 12.7. The van der Waals surface area contributed by atoms with Crippen molar-refractivity contribution >= 4 is 21.7 Å². The number of hydrogen-bond acceptors (Lipinski definition) is 5. The number of non-ortho nitro benzene ring substituents is 1. The highest BCUT2D eigenvalue weighted by Crippen LogP contribution is 2.18. The van der Waals surface area contributed by atoms with Gasteiger partial charge in [-0.05, 0) is 37.2 Å². The Morgan fingerprint density at radius 2 is 1.85 bits per heavy atom. The van der Waals surface area contributed by atoms with Gasteiger partial charge in [0.15, 0.2) is 0 Å². The van der Waals surface area contributed by atoms with Gasteiger partial charge in [0.2, 0.25) is 10.0 Å². The van der Waals surface area contributed by atoms with Crippen LogP contribution in [0.2, 0.25) is 0 Å². The highest BCUT2D eigenvalue weighted by molar-refractivity contribution is 7.89. The maximum Gasteiger partial charge on any atom is 0.315 e. The van der Waals surface area contributed by atoms with Gasteiger partial charge in [-0.1, -0.05) is 24.3 Å². The zero-order chi connectivity index (χ0) is 20.0. The van der Waals surface area contributed by atoms with Gasteiger partial charge >= 0.3 is 6.03 Å². The minimum absolute atomic E-state index is 0.0434. The van der Waals surface area contributed by atoms with Crippen LogP contribution in [0.1, 0.15) is 24.1 Å². The van der Waals surface area contributed by atoms with E-state index in [0.29, 0.717) is 5.56 Å². The summed E-state index contributed by atoms with van der Waals surface area (Å²) in [5.74, 6) is 0. The third-order valence-corrected chi connectivity index (χ3v) is 5.31. The molecule has 0 aromatic heterocycles. The number of amides is 2. The van der Waals surface area contributed by atoms with E-state index in [4.69, 9.17) is 0 Å². The third-order valence-electron chi connectivity index (χ3n) is 3.88. The van der Waals surface area contributed by atoms with Gasteiger partial charge in [-0.15, -0.1) is 0 Å². The topological polar surface area (TPSA) is 130 Å². The predicted octanol–water partition coefficient (Wildman–Crippen LogP) is 2.06. The van der Waals surface area contributed by atoms with E-state index in [0.717, 1.165) is 5.56 Å². The second kappa shape index (κ2) is 8.60. The molecule has 3 N–H and O–H groups in total. The van der Waals surface area contributed by atoms with Crippen molar-refractivity contribution in [2.24, 2.45) is 0 Å². The molecule has 144 valence electrons. The largest absolute Gasteiger partial charge is 0.334 e. The van der Waals surface area contributed by atoms with Crippen LogP contribution in [-0.4, -0.2) is 26.4 Å². The Bertz CT molecular complexity index is 929. The number of nitro groups is 1. The fourth-order valence-electron chi connectivity index (χ4n) is 2.33. The van der Waals surface area contributed by atoms with Crippen LogP contribution in [0.5, 0.6) is 0 Å². The van der Waals surface area contributed by atoms with Gasteiger partial charge in [-0.3, -0.25) is 10.1 Å². The highest BCUT2D eigenvalue weighted by Gasteiger charge is 2.14. The van der Waals surface area contributed by atoms with Crippen molar-refractivity contribution in [3.63, 3.8) is 0 Å². The van der Waals surface area contributed by atoms with E-state index in [2.05, 4.69) is 15.4 Å². The Morgan fingerprint density at radius 3 is 2.44 bits per heavy atom. The molecule has 27 heavy (non-hydrogen) atoms. The SMILES string of the molecule is CNS(=O)(=O)c1ccc(CNC(=O)NC(C)c2cccc([N+](=O)[O-])c2)cc1. The Morgan fingerprint density at radius 1 is 1.19 bits per heavy atom. The number of nitro benzene ring substituents is 1. The lowest BCUT2D eigenvalue weighted by atomic mass is 10.1. The summed E-state index contributed by atoms with van der Waals surface area (Å²) in [6, 6.07) is 11.3. The van der Waals surface area contributed by atoms with Crippen molar-refractivity contribution in [2.75, 3.05) is 7.05 Å². The van der Waals surface area contributed by atoms with Crippen LogP contribution in [-0.2, 0) is 16.6 Å². The van der Waals surface area contributed by atoms with Gasteiger partial charge in [-0.2, -0.15) is 0 Å². The smallest absolute Gasteiger partial charge is 0.315 e. The highest BCUT2D eigenvalue weighted by atomic mass is 32.2. The van der Waals surface area contributed by atoms with Gasteiger partial charge < -0.3 is 10.6 Å². The van der Waals surface area contributed by atoms with Crippen LogP contribution in [0.15, 0.2) is 53.4 Å². The molecule has 0 radical (unpaired) electrons. The average Bonchev–Trinajstić information content (AvgIpc) is 2.66. The molecule has 1 atom stereocenters. The molecule has 2 amide bonds. The third kappa shape index (κ3) is 5.50. The summed E-state index contributed by atoms with van der Waals surface area (Å²) in [5.41, 5.74) is 1.29. The number of benzene rings is 2. The van der Waals surface area contributed by atoms with E-state index in [9.17, 15) is 23.3 Å². The first-order valence-corrected chi connectivity index (χ1v) is 9.52. The van der Waals surface area contributed by atoms with Gasteiger partial charge in [-0.25, -0.2) is 17.9 Å². The summed E-state index contributed by atoms with van der Waals surface area (Å²) in [5, 5.41) is 16.2. The number of hydrogen-bond donors (Lipinski definition) is 3. The van der Waals surface area contributed by atoms with Crippen LogP contribution >= 0.6 is 0 Å². The molecule has 0 heterocycles. The molecule has 0 saturated heterocycles. The maximum absolute atomic E-state index is 12.0. The number of sulfonamides is 1. The zero-order valence-electron chi connectivity index (χ0n) is 14.8. The van der Waals surface area contributed by atoms with Gasteiger partial charge in [0.1, 0.15) is 0 Å². The molecule has 0 aliphatic carbocycles. The lowest BCUT2D eigenvalue weighted by Gasteiger charge is -2.15. The van der Waals surface area contributed by atoms with Crippen LogP contribution < -0.4 is 15.4 Å². The van der Waals surface area contributed by atoms with Crippen LogP contribution in [0.25, 0.3) is 0 Å². The lowest BCUT2D eigenvalue weighted by molar-refractivity contribution is -0.384. The Hall–Kier alpha value is -2.98. The van der Waals surface area contributed by atoms with E-state index >= 15 is 0 Å². The minimum Gasteiger partial charge on any atom is -0.334 e. The standard InChI is InChI=1S/C17H20N4O5S/c1-12(14-4-3-5-15(10-14)21(23)24)20-17(22)19-11-13-6-8-16(9-7-13)27(25,26)18-2/h3-10,12,18H,11H2,1-2H3,(H2,19,20,22). The molecule has 2 aromatic rings.